The quantitative estimate of drug-likeness (QED) is 0.244. The van der Waals surface area contributed by atoms with Crippen molar-refractivity contribution in [3.8, 4) is 0 Å². The Morgan fingerprint density at radius 1 is 1.45 bits per heavy atom. The van der Waals surface area contributed by atoms with E-state index in [-0.39, 0.29) is 24.6 Å². The number of ether oxygens (including phenoxy) is 4. The lowest BCUT2D eigenvalue weighted by atomic mass is 10.1. The Balaban J connectivity index is 2.77. The van der Waals surface area contributed by atoms with Gasteiger partial charge in [0.15, 0.2) is 12.1 Å². The molecule has 0 amide bonds. The van der Waals surface area contributed by atoms with Crippen LogP contribution < -0.4 is 0 Å². The fourth-order valence-electron chi connectivity index (χ4n) is 2.23. The van der Waals surface area contributed by atoms with Gasteiger partial charge in [0.2, 0.25) is 0 Å². The third-order valence-corrected chi connectivity index (χ3v) is 2.95. The topological polar surface area (TPSA) is 69.5 Å². The molecule has 0 aliphatic carbocycles. The van der Waals surface area contributed by atoms with Crippen molar-refractivity contribution in [1.29, 1.82) is 0 Å². The van der Waals surface area contributed by atoms with Gasteiger partial charge in [-0.15, -0.1) is 11.7 Å². The summed E-state index contributed by atoms with van der Waals surface area (Å²) in [7, 11) is 0. The van der Waals surface area contributed by atoms with Crippen LogP contribution in [0.25, 0.3) is 0 Å². The summed E-state index contributed by atoms with van der Waals surface area (Å²) >= 11 is 0. The predicted molar refractivity (Wildman–Crippen MR) is 74.9 cm³/mol. The highest BCUT2D eigenvalue weighted by Crippen LogP contribution is 2.32. The molecule has 1 rings (SSSR count). The first-order valence-electron chi connectivity index (χ1n) is 6.84. The Bertz CT molecular complexity index is 332. The molecule has 0 aromatic heterocycles. The van der Waals surface area contributed by atoms with Crippen molar-refractivity contribution < 1.29 is 24.2 Å². The van der Waals surface area contributed by atoms with Crippen LogP contribution in [-0.2, 0) is 18.9 Å². The minimum Gasteiger partial charge on any atom is -0.411 e. The van der Waals surface area contributed by atoms with E-state index in [1.807, 2.05) is 27.7 Å². The van der Waals surface area contributed by atoms with Gasteiger partial charge in [-0.05, 0) is 27.7 Å². The fraction of sp³-hybridized carbons (Fsp3) is 0.786. The Hall–Kier alpha value is -0.950. The number of hydrogen-bond acceptors (Lipinski definition) is 6. The minimum atomic E-state index is -0.698. The highest BCUT2D eigenvalue weighted by Gasteiger charge is 2.44. The third-order valence-electron chi connectivity index (χ3n) is 2.95. The molecule has 0 saturated carbocycles. The van der Waals surface area contributed by atoms with E-state index in [1.54, 1.807) is 6.08 Å². The Morgan fingerprint density at radius 2 is 2.15 bits per heavy atom. The largest absolute Gasteiger partial charge is 0.411 e. The summed E-state index contributed by atoms with van der Waals surface area (Å²) in [6, 6.07) is 0. The van der Waals surface area contributed by atoms with E-state index in [9.17, 15) is 0 Å². The van der Waals surface area contributed by atoms with Crippen LogP contribution in [0.1, 0.15) is 34.1 Å². The van der Waals surface area contributed by atoms with Gasteiger partial charge in [-0.1, -0.05) is 6.08 Å². The van der Waals surface area contributed by atoms with Crippen molar-refractivity contribution >= 4 is 6.21 Å². The molecular weight excluding hydrogens is 262 g/mol. The second kappa shape index (κ2) is 7.73. The molecule has 4 unspecified atom stereocenters. The van der Waals surface area contributed by atoms with Crippen LogP contribution in [0.3, 0.4) is 0 Å². The maximum absolute atomic E-state index is 8.61. The molecule has 0 bridgehead atoms. The molecule has 1 heterocycles. The second-order valence-electron chi connectivity index (χ2n) is 5.03. The van der Waals surface area contributed by atoms with Crippen LogP contribution in [0.15, 0.2) is 17.8 Å². The van der Waals surface area contributed by atoms with Crippen molar-refractivity contribution in [3.05, 3.63) is 12.7 Å². The van der Waals surface area contributed by atoms with Crippen LogP contribution in [-0.4, -0.2) is 48.4 Å². The van der Waals surface area contributed by atoms with Gasteiger partial charge in [0.25, 0.3) is 0 Å². The number of rotatable bonds is 8. The Morgan fingerprint density at radius 3 is 2.70 bits per heavy atom. The fourth-order valence-corrected chi connectivity index (χ4v) is 2.23. The molecule has 1 fully saturated rings. The van der Waals surface area contributed by atoms with Crippen LogP contribution >= 0.6 is 0 Å². The summed E-state index contributed by atoms with van der Waals surface area (Å²) in [5, 5.41) is 11.6. The van der Waals surface area contributed by atoms with Gasteiger partial charge in [0, 0.05) is 19.2 Å². The SMILES string of the molecule is C=CC1OC(C)(C)OC1C(C/C=N/O)OC(C)OCC. The highest BCUT2D eigenvalue weighted by molar-refractivity contribution is 5.57. The van der Waals surface area contributed by atoms with Gasteiger partial charge in [-0.3, -0.25) is 0 Å². The summed E-state index contributed by atoms with van der Waals surface area (Å²) in [6.45, 7) is 11.7. The second-order valence-corrected chi connectivity index (χ2v) is 5.03. The zero-order valence-electron chi connectivity index (χ0n) is 12.6. The highest BCUT2D eigenvalue weighted by atomic mass is 16.8. The molecule has 1 N–H and O–H groups in total. The zero-order chi connectivity index (χ0) is 15.2. The molecule has 116 valence electrons. The lowest BCUT2D eigenvalue weighted by Gasteiger charge is -2.27. The van der Waals surface area contributed by atoms with Crippen molar-refractivity contribution in [2.75, 3.05) is 6.61 Å². The van der Waals surface area contributed by atoms with E-state index in [0.717, 1.165) is 0 Å². The minimum absolute atomic E-state index is 0.282. The molecule has 20 heavy (non-hydrogen) atoms. The van der Waals surface area contributed by atoms with Crippen molar-refractivity contribution in [2.24, 2.45) is 5.16 Å². The summed E-state index contributed by atoms with van der Waals surface area (Å²) < 4.78 is 22.8. The number of hydrogen-bond donors (Lipinski definition) is 1. The standard InChI is InChI=1S/C14H25NO5/c1-6-11-13(20-14(4,5)19-11)12(8-9-15-16)18-10(3)17-7-2/h6,9-13,16H,1,7-8H2,2-5H3/b15-9+. The molecule has 1 aliphatic rings. The average Bonchev–Trinajstić information content (AvgIpc) is 2.70. The molecule has 0 aromatic carbocycles. The van der Waals surface area contributed by atoms with Crippen molar-refractivity contribution in [3.63, 3.8) is 0 Å². The molecule has 6 heteroatoms. The van der Waals surface area contributed by atoms with Crippen LogP contribution in [0.2, 0.25) is 0 Å². The van der Waals surface area contributed by atoms with Gasteiger partial charge < -0.3 is 24.2 Å². The van der Waals surface area contributed by atoms with Crippen molar-refractivity contribution in [1.82, 2.24) is 0 Å². The molecular formula is C14H25NO5. The number of oxime groups is 1. The molecule has 1 aliphatic heterocycles. The lowest BCUT2D eigenvalue weighted by molar-refractivity contribution is -0.198. The average molecular weight is 287 g/mol. The number of nitrogens with zero attached hydrogens (tertiary/aromatic N) is 1. The lowest BCUT2D eigenvalue weighted by Crippen LogP contribution is -2.39. The molecule has 6 nitrogen and oxygen atoms in total. The zero-order valence-corrected chi connectivity index (χ0v) is 12.6. The molecule has 1 saturated heterocycles. The van der Waals surface area contributed by atoms with E-state index in [0.29, 0.717) is 13.0 Å². The molecule has 0 aromatic rings. The first-order chi connectivity index (χ1) is 9.43. The normalized spacial score (nSPS) is 28.6. The van der Waals surface area contributed by atoms with Gasteiger partial charge in [-0.25, -0.2) is 0 Å². The van der Waals surface area contributed by atoms with E-state index in [4.69, 9.17) is 24.2 Å². The summed E-state index contributed by atoms with van der Waals surface area (Å²) in [5.74, 6) is -0.698. The van der Waals surface area contributed by atoms with E-state index < -0.39 is 5.79 Å². The van der Waals surface area contributed by atoms with Crippen molar-refractivity contribution in [2.45, 2.75) is 64.5 Å². The predicted octanol–water partition coefficient (Wildman–Crippen LogP) is 2.31. The van der Waals surface area contributed by atoms with Crippen LogP contribution in [0.4, 0.5) is 0 Å². The first kappa shape index (κ1) is 17.1. The Kier molecular flexibility index (Phi) is 6.61. The van der Waals surface area contributed by atoms with Gasteiger partial charge >= 0.3 is 0 Å². The van der Waals surface area contributed by atoms with E-state index in [1.165, 1.54) is 6.21 Å². The Labute approximate surface area is 120 Å². The van der Waals surface area contributed by atoms with Crippen LogP contribution in [0, 0.1) is 0 Å². The summed E-state index contributed by atoms with van der Waals surface area (Å²) in [6.07, 6.45) is 2.11. The molecule has 4 atom stereocenters. The maximum Gasteiger partial charge on any atom is 0.164 e. The summed E-state index contributed by atoms with van der Waals surface area (Å²) in [5.41, 5.74) is 0. The smallest absolute Gasteiger partial charge is 0.164 e. The molecule has 0 radical (unpaired) electrons. The monoisotopic (exact) mass is 287 g/mol. The van der Waals surface area contributed by atoms with Crippen LogP contribution in [0.5, 0.6) is 0 Å². The van der Waals surface area contributed by atoms with Gasteiger partial charge in [0.1, 0.15) is 12.2 Å². The maximum atomic E-state index is 8.61. The summed E-state index contributed by atoms with van der Waals surface area (Å²) in [4.78, 5) is 0. The van der Waals surface area contributed by atoms with E-state index >= 15 is 0 Å². The molecule has 0 spiro atoms. The van der Waals surface area contributed by atoms with Gasteiger partial charge in [-0.2, -0.15) is 0 Å². The van der Waals surface area contributed by atoms with E-state index in [2.05, 4.69) is 11.7 Å². The first-order valence-corrected chi connectivity index (χ1v) is 6.84. The van der Waals surface area contributed by atoms with Gasteiger partial charge in [0.05, 0.1) is 6.10 Å². The third kappa shape index (κ3) is 4.86.